The first-order valence-electron chi connectivity index (χ1n) is 5.48. The van der Waals surface area contributed by atoms with Crippen LogP contribution in [0.15, 0.2) is 0 Å². The van der Waals surface area contributed by atoms with Gasteiger partial charge in [-0.25, -0.2) is 0 Å². The number of carbonyl (C=O) groups excluding carboxylic acids is 1. The van der Waals surface area contributed by atoms with Crippen molar-refractivity contribution < 1.29 is 9.53 Å². The van der Waals surface area contributed by atoms with Crippen LogP contribution in [-0.4, -0.2) is 36.6 Å². The number of amides is 1. The standard InChI is InChI=1S/C11H18N2O2/c1-3-13(7-4-6-12)11(14)10-5-8-15-9(10)2/h9-10H,3-5,7-8H2,1-2H3. The summed E-state index contributed by atoms with van der Waals surface area (Å²) in [5.74, 6) is 0.126. The molecule has 0 N–H and O–H groups in total. The fourth-order valence-corrected chi connectivity index (χ4v) is 1.90. The minimum Gasteiger partial charge on any atom is -0.378 e. The fraction of sp³-hybridized carbons (Fsp3) is 0.818. The number of ether oxygens (including phenoxy) is 1. The van der Waals surface area contributed by atoms with Crippen molar-refractivity contribution in [1.82, 2.24) is 4.90 Å². The second-order valence-corrected chi connectivity index (χ2v) is 3.80. The lowest BCUT2D eigenvalue weighted by atomic mass is 10.0. The summed E-state index contributed by atoms with van der Waals surface area (Å²) in [6.45, 7) is 5.76. The molecular weight excluding hydrogens is 192 g/mol. The van der Waals surface area contributed by atoms with Gasteiger partial charge >= 0.3 is 0 Å². The summed E-state index contributed by atoms with van der Waals surface area (Å²) >= 11 is 0. The molecule has 0 aromatic carbocycles. The number of hydrogen-bond acceptors (Lipinski definition) is 3. The van der Waals surface area contributed by atoms with Crippen LogP contribution >= 0.6 is 0 Å². The maximum atomic E-state index is 12.0. The fourth-order valence-electron chi connectivity index (χ4n) is 1.90. The Morgan fingerprint density at radius 1 is 1.67 bits per heavy atom. The van der Waals surface area contributed by atoms with Crippen LogP contribution in [0.2, 0.25) is 0 Å². The van der Waals surface area contributed by atoms with Gasteiger partial charge in [-0.3, -0.25) is 4.79 Å². The molecule has 1 amide bonds. The van der Waals surface area contributed by atoms with E-state index in [4.69, 9.17) is 10.00 Å². The smallest absolute Gasteiger partial charge is 0.228 e. The summed E-state index contributed by atoms with van der Waals surface area (Å²) < 4.78 is 5.37. The highest BCUT2D eigenvalue weighted by molar-refractivity contribution is 5.79. The van der Waals surface area contributed by atoms with E-state index in [0.717, 1.165) is 6.42 Å². The van der Waals surface area contributed by atoms with Crippen LogP contribution < -0.4 is 0 Å². The summed E-state index contributed by atoms with van der Waals surface area (Å²) in [5, 5.41) is 8.50. The number of nitrogens with zero attached hydrogens (tertiary/aromatic N) is 2. The Hall–Kier alpha value is -1.08. The predicted octanol–water partition coefficient (Wildman–Crippen LogP) is 1.17. The van der Waals surface area contributed by atoms with Gasteiger partial charge in [0, 0.05) is 19.7 Å². The second kappa shape index (κ2) is 5.72. The highest BCUT2D eigenvalue weighted by atomic mass is 16.5. The summed E-state index contributed by atoms with van der Waals surface area (Å²) in [6.07, 6.45) is 1.23. The first-order valence-corrected chi connectivity index (χ1v) is 5.48. The van der Waals surface area contributed by atoms with Crippen LogP contribution in [0.3, 0.4) is 0 Å². The highest BCUT2D eigenvalue weighted by Crippen LogP contribution is 2.22. The van der Waals surface area contributed by atoms with Crippen LogP contribution in [0.1, 0.15) is 26.7 Å². The zero-order chi connectivity index (χ0) is 11.3. The maximum absolute atomic E-state index is 12.0. The minimum absolute atomic E-state index is 0.0105. The van der Waals surface area contributed by atoms with Crippen LogP contribution in [0, 0.1) is 17.2 Å². The van der Waals surface area contributed by atoms with E-state index in [1.54, 1.807) is 4.90 Å². The molecule has 0 aromatic rings. The van der Waals surface area contributed by atoms with Crippen molar-refractivity contribution in [2.45, 2.75) is 32.8 Å². The maximum Gasteiger partial charge on any atom is 0.228 e. The molecular formula is C11H18N2O2. The third-order valence-electron chi connectivity index (χ3n) is 2.88. The van der Waals surface area contributed by atoms with Gasteiger partial charge in [-0.15, -0.1) is 0 Å². The second-order valence-electron chi connectivity index (χ2n) is 3.80. The molecule has 1 heterocycles. The number of carbonyl (C=O) groups is 1. The molecule has 4 nitrogen and oxygen atoms in total. The van der Waals surface area contributed by atoms with Crippen molar-refractivity contribution in [2.75, 3.05) is 19.7 Å². The van der Waals surface area contributed by atoms with Gasteiger partial charge in [0.05, 0.1) is 24.5 Å². The SMILES string of the molecule is CCN(CCC#N)C(=O)C1CCOC1C. The van der Waals surface area contributed by atoms with Crippen molar-refractivity contribution >= 4 is 5.91 Å². The highest BCUT2D eigenvalue weighted by Gasteiger charge is 2.33. The molecule has 0 aromatic heterocycles. The molecule has 0 aliphatic carbocycles. The topological polar surface area (TPSA) is 53.3 Å². The van der Waals surface area contributed by atoms with Gasteiger partial charge in [0.2, 0.25) is 5.91 Å². The zero-order valence-electron chi connectivity index (χ0n) is 9.40. The minimum atomic E-state index is -0.0105. The summed E-state index contributed by atoms with van der Waals surface area (Å²) in [4.78, 5) is 13.8. The van der Waals surface area contributed by atoms with Crippen LogP contribution in [0.5, 0.6) is 0 Å². The third kappa shape index (κ3) is 2.93. The lowest BCUT2D eigenvalue weighted by Crippen LogP contribution is -2.39. The summed E-state index contributed by atoms with van der Waals surface area (Å²) in [6, 6.07) is 2.06. The van der Waals surface area contributed by atoms with Gasteiger partial charge < -0.3 is 9.64 Å². The van der Waals surface area contributed by atoms with Crippen LogP contribution in [0.25, 0.3) is 0 Å². The van der Waals surface area contributed by atoms with Crippen molar-refractivity contribution in [3.05, 3.63) is 0 Å². The van der Waals surface area contributed by atoms with Gasteiger partial charge in [-0.1, -0.05) is 0 Å². The molecule has 1 fully saturated rings. The molecule has 2 atom stereocenters. The van der Waals surface area contributed by atoms with E-state index in [-0.39, 0.29) is 17.9 Å². The van der Waals surface area contributed by atoms with Gasteiger partial charge in [-0.05, 0) is 20.3 Å². The van der Waals surface area contributed by atoms with Crippen molar-refractivity contribution in [3.8, 4) is 6.07 Å². The molecule has 0 spiro atoms. The Bertz CT molecular complexity index is 260. The van der Waals surface area contributed by atoms with E-state index in [1.807, 2.05) is 13.8 Å². The van der Waals surface area contributed by atoms with Crippen LogP contribution in [-0.2, 0) is 9.53 Å². The number of hydrogen-bond donors (Lipinski definition) is 0. The van der Waals surface area contributed by atoms with E-state index in [2.05, 4.69) is 6.07 Å². The van der Waals surface area contributed by atoms with Crippen molar-refractivity contribution in [3.63, 3.8) is 0 Å². The van der Waals surface area contributed by atoms with E-state index < -0.39 is 0 Å². The van der Waals surface area contributed by atoms with Gasteiger partial charge in [0.25, 0.3) is 0 Å². The average Bonchev–Trinajstić information content (AvgIpc) is 2.65. The van der Waals surface area contributed by atoms with Gasteiger partial charge in [-0.2, -0.15) is 5.26 Å². The quantitative estimate of drug-likeness (QED) is 0.700. The first kappa shape index (κ1) is 12.0. The van der Waals surface area contributed by atoms with Crippen molar-refractivity contribution in [2.24, 2.45) is 5.92 Å². The molecule has 1 saturated heterocycles. The van der Waals surface area contributed by atoms with E-state index in [9.17, 15) is 4.79 Å². The molecule has 0 radical (unpaired) electrons. The van der Waals surface area contributed by atoms with Gasteiger partial charge in [0.1, 0.15) is 0 Å². The largest absolute Gasteiger partial charge is 0.378 e. The molecule has 15 heavy (non-hydrogen) atoms. The molecule has 1 aliphatic rings. The van der Waals surface area contributed by atoms with Crippen molar-refractivity contribution in [1.29, 1.82) is 5.26 Å². The number of rotatable bonds is 4. The predicted molar refractivity (Wildman–Crippen MR) is 56.0 cm³/mol. The zero-order valence-corrected chi connectivity index (χ0v) is 9.40. The number of nitriles is 1. The summed E-state index contributed by atoms with van der Waals surface area (Å²) in [7, 11) is 0. The van der Waals surface area contributed by atoms with Gasteiger partial charge in [0.15, 0.2) is 0 Å². The molecule has 1 aliphatic heterocycles. The molecule has 84 valence electrons. The lowest BCUT2D eigenvalue weighted by molar-refractivity contribution is -0.136. The third-order valence-corrected chi connectivity index (χ3v) is 2.88. The first-order chi connectivity index (χ1) is 7.20. The van der Waals surface area contributed by atoms with Crippen LogP contribution in [0.4, 0.5) is 0 Å². The Morgan fingerprint density at radius 2 is 2.40 bits per heavy atom. The van der Waals surface area contributed by atoms with E-state index >= 15 is 0 Å². The molecule has 2 unspecified atom stereocenters. The Balaban J connectivity index is 2.52. The van der Waals surface area contributed by atoms with E-state index in [1.165, 1.54) is 0 Å². The molecule has 0 saturated carbocycles. The monoisotopic (exact) mass is 210 g/mol. The lowest BCUT2D eigenvalue weighted by Gasteiger charge is -2.24. The molecule has 0 bridgehead atoms. The summed E-state index contributed by atoms with van der Waals surface area (Å²) in [5.41, 5.74) is 0. The Morgan fingerprint density at radius 3 is 2.87 bits per heavy atom. The average molecular weight is 210 g/mol. The Kier molecular flexibility index (Phi) is 4.57. The molecule has 4 heteroatoms. The normalized spacial score (nSPS) is 24.9. The van der Waals surface area contributed by atoms with E-state index in [0.29, 0.717) is 26.1 Å². The molecule has 1 rings (SSSR count). The Labute approximate surface area is 90.8 Å².